The fourth-order valence-corrected chi connectivity index (χ4v) is 1.52. The van der Waals surface area contributed by atoms with Gasteiger partial charge in [-0.3, -0.25) is 0 Å². The average molecular weight is 234 g/mol. The van der Waals surface area contributed by atoms with Crippen molar-refractivity contribution in [1.29, 1.82) is 0 Å². The van der Waals surface area contributed by atoms with Crippen LogP contribution in [0.15, 0.2) is 42.5 Å². The third kappa shape index (κ3) is 5.31. The van der Waals surface area contributed by atoms with Crippen LogP contribution in [0.25, 0.3) is 0 Å². The van der Waals surface area contributed by atoms with Crippen molar-refractivity contribution in [2.45, 2.75) is 13.3 Å². The molecule has 0 aliphatic heterocycles. The van der Waals surface area contributed by atoms with Crippen LogP contribution in [-0.4, -0.2) is 24.3 Å². The third-order valence-electron chi connectivity index (χ3n) is 2.37. The van der Waals surface area contributed by atoms with Gasteiger partial charge in [-0.15, -0.1) is 0 Å². The van der Waals surface area contributed by atoms with Gasteiger partial charge in [0.05, 0.1) is 6.61 Å². The number of aliphatic hydroxyl groups is 1. The Morgan fingerprint density at radius 2 is 2.12 bits per heavy atom. The van der Waals surface area contributed by atoms with Gasteiger partial charge in [-0.1, -0.05) is 36.4 Å². The van der Waals surface area contributed by atoms with Crippen LogP contribution in [0.5, 0.6) is 0 Å². The van der Waals surface area contributed by atoms with Gasteiger partial charge < -0.3 is 9.84 Å². The molecular weight excluding hydrogens is 216 g/mol. The Balaban J connectivity index is 2.52. The van der Waals surface area contributed by atoms with Crippen molar-refractivity contribution in [1.82, 2.24) is 0 Å². The molecule has 0 aliphatic carbocycles. The molecule has 1 aromatic carbocycles. The molecule has 0 radical (unpaired) electrons. The monoisotopic (exact) mass is 234 g/mol. The van der Waals surface area contributed by atoms with E-state index in [4.69, 9.17) is 4.74 Å². The summed E-state index contributed by atoms with van der Waals surface area (Å²) in [4.78, 5) is 11.1. The molecule has 92 valence electrons. The van der Waals surface area contributed by atoms with Gasteiger partial charge in [0.2, 0.25) is 0 Å². The first kappa shape index (κ1) is 13.5. The second-order valence-corrected chi connectivity index (χ2v) is 3.74. The molecule has 0 heterocycles. The van der Waals surface area contributed by atoms with Gasteiger partial charge in [0, 0.05) is 18.6 Å². The zero-order valence-corrected chi connectivity index (χ0v) is 10.0. The topological polar surface area (TPSA) is 46.5 Å². The van der Waals surface area contributed by atoms with Crippen molar-refractivity contribution >= 4 is 5.97 Å². The van der Waals surface area contributed by atoms with E-state index >= 15 is 0 Å². The summed E-state index contributed by atoms with van der Waals surface area (Å²) in [5.74, 6) is -0.416. The standard InChI is InChI=1S/C14H18O3/c1-2-17-14(16)9-8-13(11-15)10-12-6-4-3-5-7-12/h3-9,13,15H,2,10-11H2,1H3/b9-8+/t13-/m0/s1. The summed E-state index contributed by atoms with van der Waals surface area (Å²) in [6.07, 6.45) is 3.80. The highest BCUT2D eigenvalue weighted by atomic mass is 16.5. The van der Waals surface area contributed by atoms with Gasteiger partial charge in [-0.2, -0.15) is 0 Å². The summed E-state index contributed by atoms with van der Waals surface area (Å²) in [7, 11) is 0. The Hall–Kier alpha value is -1.61. The number of carbonyl (C=O) groups is 1. The van der Waals surface area contributed by atoms with E-state index in [2.05, 4.69) is 0 Å². The summed E-state index contributed by atoms with van der Waals surface area (Å²) in [5, 5.41) is 9.23. The predicted octanol–water partition coefficient (Wildman–Crippen LogP) is 1.96. The van der Waals surface area contributed by atoms with E-state index in [0.29, 0.717) is 13.0 Å². The number of hydrogen-bond acceptors (Lipinski definition) is 3. The number of aliphatic hydroxyl groups excluding tert-OH is 1. The fourth-order valence-electron chi connectivity index (χ4n) is 1.52. The maximum atomic E-state index is 11.1. The van der Waals surface area contributed by atoms with E-state index in [0.717, 1.165) is 5.56 Å². The van der Waals surface area contributed by atoms with Gasteiger partial charge in [-0.05, 0) is 18.9 Å². The second-order valence-electron chi connectivity index (χ2n) is 3.74. The van der Waals surface area contributed by atoms with Gasteiger partial charge in [0.1, 0.15) is 0 Å². The van der Waals surface area contributed by atoms with Crippen molar-refractivity contribution in [3.05, 3.63) is 48.0 Å². The molecule has 17 heavy (non-hydrogen) atoms. The lowest BCUT2D eigenvalue weighted by Gasteiger charge is -2.08. The molecule has 0 bridgehead atoms. The maximum absolute atomic E-state index is 11.1. The molecule has 0 saturated heterocycles. The summed E-state index contributed by atoms with van der Waals surface area (Å²) in [5.41, 5.74) is 1.14. The minimum absolute atomic E-state index is 0.0187. The van der Waals surface area contributed by atoms with Crippen LogP contribution in [-0.2, 0) is 16.0 Å². The highest BCUT2D eigenvalue weighted by Gasteiger charge is 2.05. The fraction of sp³-hybridized carbons (Fsp3) is 0.357. The minimum Gasteiger partial charge on any atom is -0.463 e. The van der Waals surface area contributed by atoms with Crippen LogP contribution in [0.3, 0.4) is 0 Å². The van der Waals surface area contributed by atoms with Gasteiger partial charge in [0.25, 0.3) is 0 Å². The second kappa shape index (κ2) is 7.63. The number of rotatable bonds is 6. The molecule has 0 saturated carbocycles. The van der Waals surface area contributed by atoms with Crippen molar-refractivity contribution in [2.24, 2.45) is 5.92 Å². The first-order valence-electron chi connectivity index (χ1n) is 5.76. The summed E-state index contributed by atoms with van der Waals surface area (Å²) in [6.45, 7) is 2.15. The van der Waals surface area contributed by atoms with Crippen molar-refractivity contribution in [3.8, 4) is 0 Å². The molecular formula is C14H18O3. The van der Waals surface area contributed by atoms with Crippen LogP contribution in [0.2, 0.25) is 0 Å². The van der Waals surface area contributed by atoms with Gasteiger partial charge >= 0.3 is 5.97 Å². The Bertz CT molecular complexity index is 357. The Morgan fingerprint density at radius 3 is 2.71 bits per heavy atom. The van der Waals surface area contributed by atoms with E-state index in [1.165, 1.54) is 6.08 Å². The van der Waals surface area contributed by atoms with E-state index in [9.17, 15) is 9.90 Å². The lowest BCUT2D eigenvalue weighted by Crippen LogP contribution is -2.08. The molecule has 0 spiro atoms. The number of ether oxygens (including phenoxy) is 1. The molecule has 1 atom stereocenters. The van der Waals surface area contributed by atoms with Crippen LogP contribution in [0, 0.1) is 5.92 Å². The summed E-state index contributed by atoms with van der Waals surface area (Å²) in [6, 6.07) is 9.87. The first-order chi connectivity index (χ1) is 8.26. The molecule has 0 amide bonds. The zero-order chi connectivity index (χ0) is 12.5. The van der Waals surface area contributed by atoms with E-state index in [1.807, 2.05) is 30.3 Å². The van der Waals surface area contributed by atoms with Crippen LogP contribution in [0.4, 0.5) is 0 Å². The molecule has 0 aromatic heterocycles. The Kier molecular flexibility index (Phi) is 6.04. The highest BCUT2D eigenvalue weighted by molar-refractivity contribution is 5.81. The number of benzene rings is 1. The largest absolute Gasteiger partial charge is 0.463 e. The zero-order valence-electron chi connectivity index (χ0n) is 10.0. The Labute approximate surface area is 102 Å². The average Bonchev–Trinajstić information content (AvgIpc) is 2.36. The van der Waals surface area contributed by atoms with Crippen molar-refractivity contribution in [3.63, 3.8) is 0 Å². The van der Waals surface area contributed by atoms with Crippen LogP contribution >= 0.6 is 0 Å². The molecule has 3 heteroatoms. The number of esters is 1. The minimum atomic E-state index is -0.362. The lowest BCUT2D eigenvalue weighted by atomic mass is 10.00. The summed E-state index contributed by atoms with van der Waals surface area (Å²) < 4.78 is 4.78. The van der Waals surface area contributed by atoms with E-state index < -0.39 is 0 Å². The first-order valence-corrected chi connectivity index (χ1v) is 5.76. The normalized spacial score (nSPS) is 12.6. The molecule has 3 nitrogen and oxygen atoms in total. The predicted molar refractivity (Wildman–Crippen MR) is 66.5 cm³/mol. The third-order valence-corrected chi connectivity index (χ3v) is 2.37. The summed E-state index contributed by atoms with van der Waals surface area (Å²) >= 11 is 0. The number of hydrogen-bond donors (Lipinski definition) is 1. The van der Waals surface area contributed by atoms with Crippen LogP contribution in [0.1, 0.15) is 12.5 Å². The SMILES string of the molecule is CCOC(=O)/C=C/[C@H](CO)Cc1ccccc1. The van der Waals surface area contributed by atoms with Gasteiger partial charge in [-0.25, -0.2) is 4.79 Å². The van der Waals surface area contributed by atoms with Gasteiger partial charge in [0.15, 0.2) is 0 Å². The van der Waals surface area contributed by atoms with Crippen LogP contribution < -0.4 is 0 Å². The van der Waals surface area contributed by atoms with Crippen molar-refractivity contribution < 1.29 is 14.6 Å². The smallest absolute Gasteiger partial charge is 0.330 e. The lowest BCUT2D eigenvalue weighted by molar-refractivity contribution is -0.137. The quantitative estimate of drug-likeness (QED) is 0.604. The molecule has 1 aromatic rings. The van der Waals surface area contributed by atoms with Crippen molar-refractivity contribution in [2.75, 3.05) is 13.2 Å². The maximum Gasteiger partial charge on any atom is 0.330 e. The Morgan fingerprint density at radius 1 is 1.41 bits per heavy atom. The number of carbonyl (C=O) groups excluding carboxylic acids is 1. The molecule has 0 aliphatic rings. The van der Waals surface area contributed by atoms with E-state index in [-0.39, 0.29) is 18.5 Å². The molecule has 1 rings (SSSR count). The molecule has 0 unspecified atom stereocenters. The molecule has 1 N–H and O–H groups in total. The molecule has 0 fully saturated rings. The van der Waals surface area contributed by atoms with E-state index in [1.54, 1.807) is 13.0 Å². The highest BCUT2D eigenvalue weighted by Crippen LogP contribution is 2.09.